The van der Waals surface area contributed by atoms with Gasteiger partial charge in [0.1, 0.15) is 17.3 Å². The van der Waals surface area contributed by atoms with Gasteiger partial charge in [0.25, 0.3) is 0 Å². The first-order valence-corrected chi connectivity index (χ1v) is 7.29. The molecule has 18 heavy (non-hydrogen) atoms. The van der Waals surface area contributed by atoms with Crippen molar-refractivity contribution in [3.8, 4) is 0 Å². The van der Waals surface area contributed by atoms with Crippen molar-refractivity contribution in [2.75, 3.05) is 11.4 Å². The Morgan fingerprint density at radius 1 is 1.44 bits per heavy atom. The average Bonchev–Trinajstić information content (AvgIpc) is 2.81. The van der Waals surface area contributed by atoms with E-state index in [1.807, 2.05) is 0 Å². The molecule has 2 heterocycles. The molecule has 0 amide bonds. The molecule has 0 bridgehead atoms. The summed E-state index contributed by atoms with van der Waals surface area (Å²) in [4.78, 5) is 11.1. The van der Waals surface area contributed by atoms with Crippen LogP contribution in [0, 0.1) is 5.92 Å². The van der Waals surface area contributed by atoms with Gasteiger partial charge in [-0.15, -0.1) is 0 Å². The van der Waals surface area contributed by atoms with Crippen LogP contribution in [0.4, 0.5) is 5.82 Å². The second-order valence-electron chi connectivity index (χ2n) is 5.36. The van der Waals surface area contributed by atoms with E-state index >= 15 is 0 Å². The van der Waals surface area contributed by atoms with E-state index in [-0.39, 0.29) is 0 Å². The zero-order valence-electron chi connectivity index (χ0n) is 11.5. The third kappa shape index (κ3) is 2.61. The first kappa shape index (κ1) is 13.6. The topological polar surface area (TPSA) is 29.0 Å². The Hall–Kier alpha value is -0.830. The summed E-state index contributed by atoms with van der Waals surface area (Å²) in [6.45, 7) is 7.82. The fraction of sp³-hybridized carbons (Fsp3) is 0.714. The van der Waals surface area contributed by atoms with E-state index in [0.29, 0.717) is 17.1 Å². The van der Waals surface area contributed by atoms with Gasteiger partial charge in [0.15, 0.2) is 0 Å². The molecule has 0 N–H and O–H groups in total. The number of hydrogen-bond donors (Lipinski definition) is 0. The van der Waals surface area contributed by atoms with Crippen LogP contribution in [0.5, 0.6) is 0 Å². The summed E-state index contributed by atoms with van der Waals surface area (Å²) in [5, 5.41) is 0.622. The predicted octanol–water partition coefficient (Wildman–Crippen LogP) is 3.71. The molecular formula is C14H22ClN3. The van der Waals surface area contributed by atoms with Crippen LogP contribution in [-0.4, -0.2) is 22.6 Å². The molecule has 1 aliphatic rings. The molecule has 4 heteroatoms. The molecular weight excluding hydrogens is 246 g/mol. The van der Waals surface area contributed by atoms with Crippen LogP contribution in [0.3, 0.4) is 0 Å². The maximum absolute atomic E-state index is 6.24. The molecule has 1 aliphatic heterocycles. The van der Waals surface area contributed by atoms with Crippen molar-refractivity contribution in [1.29, 1.82) is 0 Å². The highest BCUT2D eigenvalue weighted by Crippen LogP contribution is 2.33. The molecule has 3 nitrogen and oxygen atoms in total. The second kappa shape index (κ2) is 5.87. The van der Waals surface area contributed by atoms with E-state index in [0.717, 1.165) is 30.8 Å². The Morgan fingerprint density at radius 3 is 2.89 bits per heavy atom. The normalized spacial score (nSPS) is 19.8. The van der Waals surface area contributed by atoms with Crippen LogP contribution in [0.1, 0.15) is 45.6 Å². The minimum absolute atomic E-state index is 0.589. The fourth-order valence-electron chi connectivity index (χ4n) is 2.84. The first-order valence-electron chi connectivity index (χ1n) is 6.91. The van der Waals surface area contributed by atoms with Crippen molar-refractivity contribution in [3.63, 3.8) is 0 Å². The number of nitrogens with zero attached hydrogens (tertiary/aromatic N) is 3. The maximum Gasteiger partial charge on any atom is 0.137 e. The summed E-state index contributed by atoms with van der Waals surface area (Å²) in [7, 11) is 0. The van der Waals surface area contributed by atoms with Gasteiger partial charge in [-0.1, -0.05) is 38.8 Å². The SMILES string of the molecule is CCCc1c(Cl)ncnc1N1CCCC1C(C)C. The molecule has 1 unspecified atom stereocenters. The van der Waals surface area contributed by atoms with Crippen LogP contribution in [0.25, 0.3) is 0 Å². The smallest absolute Gasteiger partial charge is 0.137 e. The molecule has 1 fully saturated rings. The Morgan fingerprint density at radius 2 is 2.22 bits per heavy atom. The maximum atomic E-state index is 6.24. The number of halogens is 1. The Balaban J connectivity index is 2.34. The molecule has 0 aliphatic carbocycles. The quantitative estimate of drug-likeness (QED) is 0.779. The zero-order valence-corrected chi connectivity index (χ0v) is 12.2. The van der Waals surface area contributed by atoms with Crippen molar-refractivity contribution in [2.45, 2.75) is 52.5 Å². The van der Waals surface area contributed by atoms with Crippen molar-refractivity contribution in [3.05, 3.63) is 17.0 Å². The highest BCUT2D eigenvalue weighted by molar-refractivity contribution is 6.30. The van der Waals surface area contributed by atoms with Gasteiger partial charge in [0.05, 0.1) is 0 Å². The number of hydrogen-bond acceptors (Lipinski definition) is 3. The van der Waals surface area contributed by atoms with Crippen LogP contribution in [0.15, 0.2) is 6.33 Å². The lowest BCUT2D eigenvalue weighted by molar-refractivity contribution is 0.488. The Labute approximate surface area is 115 Å². The largest absolute Gasteiger partial charge is 0.353 e. The van der Waals surface area contributed by atoms with Gasteiger partial charge in [-0.05, 0) is 25.2 Å². The van der Waals surface area contributed by atoms with Crippen LogP contribution in [0.2, 0.25) is 5.15 Å². The molecule has 100 valence electrons. The van der Waals surface area contributed by atoms with Crippen LogP contribution in [-0.2, 0) is 6.42 Å². The average molecular weight is 268 g/mol. The van der Waals surface area contributed by atoms with Crippen molar-refractivity contribution < 1.29 is 0 Å². The van der Waals surface area contributed by atoms with Crippen LogP contribution < -0.4 is 4.90 Å². The molecule has 0 aromatic carbocycles. The van der Waals surface area contributed by atoms with Crippen molar-refractivity contribution >= 4 is 17.4 Å². The first-order chi connectivity index (χ1) is 8.65. The van der Waals surface area contributed by atoms with E-state index in [9.17, 15) is 0 Å². The standard InChI is InChI=1S/C14H22ClN3/c1-4-6-11-13(15)16-9-17-14(11)18-8-5-7-12(18)10(2)3/h9-10,12H,4-8H2,1-3H3. The molecule has 0 radical (unpaired) electrons. The summed E-state index contributed by atoms with van der Waals surface area (Å²) in [6.07, 6.45) is 6.12. The lowest BCUT2D eigenvalue weighted by atomic mass is 10.0. The minimum atomic E-state index is 0.589. The third-order valence-electron chi connectivity index (χ3n) is 3.71. The molecule has 1 aromatic rings. The van der Waals surface area contributed by atoms with Crippen molar-refractivity contribution in [1.82, 2.24) is 9.97 Å². The molecule has 1 saturated heterocycles. The van der Waals surface area contributed by atoms with Gasteiger partial charge in [-0.25, -0.2) is 9.97 Å². The summed E-state index contributed by atoms with van der Waals surface area (Å²) < 4.78 is 0. The van der Waals surface area contributed by atoms with Gasteiger partial charge >= 0.3 is 0 Å². The van der Waals surface area contributed by atoms with Gasteiger partial charge in [0.2, 0.25) is 0 Å². The summed E-state index contributed by atoms with van der Waals surface area (Å²) in [5.74, 6) is 1.71. The van der Waals surface area contributed by atoms with Crippen molar-refractivity contribution in [2.24, 2.45) is 5.92 Å². The lowest BCUT2D eigenvalue weighted by Gasteiger charge is -2.30. The minimum Gasteiger partial charge on any atom is -0.353 e. The third-order valence-corrected chi connectivity index (χ3v) is 4.04. The molecule has 0 saturated carbocycles. The predicted molar refractivity (Wildman–Crippen MR) is 76.2 cm³/mol. The zero-order chi connectivity index (χ0) is 13.1. The highest BCUT2D eigenvalue weighted by atomic mass is 35.5. The van der Waals surface area contributed by atoms with Gasteiger partial charge < -0.3 is 4.90 Å². The summed E-state index contributed by atoms with van der Waals surface area (Å²) in [6, 6.07) is 0.589. The second-order valence-corrected chi connectivity index (χ2v) is 5.72. The van der Waals surface area contributed by atoms with Gasteiger partial charge in [-0.2, -0.15) is 0 Å². The molecule has 0 spiro atoms. The number of aromatic nitrogens is 2. The number of rotatable bonds is 4. The molecule has 1 atom stereocenters. The summed E-state index contributed by atoms with van der Waals surface area (Å²) >= 11 is 6.24. The monoisotopic (exact) mass is 267 g/mol. The van der Waals surface area contributed by atoms with E-state index in [2.05, 4.69) is 35.6 Å². The fourth-order valence-corrected chi connectivity index (χ4v) is 3.07. The molecule has 1 aromatic heterocycles. The Kier molecular flexibility index (Phi) is 4.44. The van der Waals surface area contributed by atoms with Crippen LogP contribution >= 0.6 is 11.6 Å². The highest BCUT2D eigenvalue weighted by Gasteiger charge is 2.30. The van der Waals surface area contributed by atoms with E-state index in [4.69, 9.17) is 11.6 Å². The Bertz CT molecular complexity index is 406. The van der Waals surface area contributed by atoms with E-state index in [1.54, 1.807) is 6.33 Å². The lowest BCUT2D eigenvalue weighted by Crippen LogP contribution is -2.34. The summed E-state index contributed by atoms with van der Waals surface area (Å²) in [5.41, 5.74) is 1.12. The number of anilines is 1. The molecule has 2 rings (SSSR count). The van der Waals surface area contributed by atoms with Gasteiger partial charge in [-0.3, -0.25) is 0 Å². The van der Waals surface area contributed by atoms with E-state index < -0.39 is 0 Å². The van der Waals surface area contributed by atoms with E-state index in [1.165, 1.54) is 12.8 Å². The van der Waals surface area contributed by atoms with Gasteiger partial charge in [0, 0.05) is 18.2 Å².